The van der Waals surface area contributed by atoms with Crippen molar-refractivity contribution >= 4 is 17.9 Å². The van der Waals surface area contributed by atoms with Crippen LogP contribution in [-0.2, 0) is 11.3 Å². The number of para-hydroxylation sites is 1. The SMILES string of the molecule is O=C(Nc1ccccc1/C=C/[N+](=O)[O-])OCc1ccccc1. The summed E-state index contributed by atoms with van der Waals surface area (Å²) in [6.07, 6.45) is 1.51. The summed E-state index contributed by atoms with van der Waals surface area (Å²) in [5.41, 5.74) is 1.84. The summed E-state index contributed by atoms with van der Waals surface area (Å²) in [5, 5.41) is 12.9. The first-order valence-corrected chi connectivity index (χ1v) is 6.53. The van der Waals surface area contributed by atoms with E-state index in [2.05, 4.69) is 5.32 Å². The van der Waals surface area contributed by atoms with E-state index in [1.54, 1.807) is 24.3 Å². The van der Waals surface area contributed by atoms with Gasteiger partial charge in [-0.1, -0.05) is 48.5 Å². The van der Waals surface area contributed by atoms with Crippen molar-refractivity contribution in [1.82, 2.24) is 0 Å². The number of hydrogen-bond donors (Lipinski definition) is 1. The van der Waals surface area contributed by atoms with Crippen molar-refractivity contribution in [2.45, 2.75) is 6.61 Å². The van der Waals surface area contributed by atoms with E-state index in [-0.39, 0.29) is 6.61 Å². The third-order valence-corrected chi connectivity index (χ3v) is 2.79. The molecule has 0 aliphatic rings. The molecule has 0 saturated heterocycles. The molecule has 6 heteroatoms. The second kappa shape index (κ2) is 7.58. The van der Waals surface area contributed by atoms with E-state index in [4.69, 9.17) is 4.74 Å². The number of rotatable bonds is 5. The van der Waals surface area contributed by atoms with Crippen LogP contribution < -0.4 is 5.32 Å². The zero-order chi connectivity index (χ0) is 15.8. The van der Waals surface area contributed by atoms with Crippen LogP contribution in [-0.4, -0.2) is 11.0 Å². The molecule has 0 aromatic heterocycles. The Morgan fingerprint density at radius 2 is 1.82 bits per heavy atom. The molecule has 22 heavy (non-hydrogen) atoms. The summed E-state index contributed by atoms with van der Waals surface area (Å²) in [4.78, 5) is 21.6. The Hall–Kier alpha value is -3.15. The van der Waals surface area contributed by atoms with Gasteiger partial charge in [0, 0.05) is 11.6 Å². The number of carbonyl (C=O) groups is 1. The second-order valence-electron chi connectivity index (χ2n) is 4.38. The quantitative estimate of drug-likeness (QED) is 0.674. The minimum atomic E-state index is -0.620. The Labute approximate surface area is 127 Å². The number of amides is 1. The first-order valence-electron chi connectivity index (χ1n) is 6.53. The van der Waals surface area contributed by atoms with Crippen LogP contribution in [0.5, 0.6) is 0 Å². The van der Waals surface area contributed by atoms with Crippen LogP contribution >= 0.6 is 0 Å². The van der Waals surface area contributed by atoms with Gasteiger partial charge in [-0.15, -0.1) is 0 Å². The third-order valence-electron chi connectivity index (χ3n) is 2.79. The Balaban J connectivity index is 1.98. The summed E-state index contributed by atoms with van der Waals surface area (Å²) in [5.74, 6) is 0. The number of benzene rings is 2. The van der Waals surface area contributed by atoms with Crippen molar-refractivity contribution in [2.75, 3.05) is 5.32 Å². The average molecular weight is 298 g/mol. The molecule has 0 unspecified atom stereocenters. The third kappa shape index (κ3) is 4.75. The lowest BCUT2D eigenvalue weighted by Crippen LogP contribution is -2.14. The predicted octanol–water partition coefficient (Wildman–Crippen LogP) is 3.68. The van der Waals surface area contributed by atoms with E-state index >= 15 is 0 Å². The Morgan fingerprint density at radius 1 is 1.14 bits per heavy atom. The zero-order valence-corrected chi connectivity index (χ0v) is 11.6. The van der Waals surface area contributed by atoms with Gasteiger partial charge in [0.15, 0.2) is 0 Å². The van der Waals surface area contributed by atoms with E-state index in [9.17, 15) is 14.9 Å². The minimum absolute atomic E-state index is 0.152. The number of nitrogens with zero attached hydrogens (tertiary/aromatic N) is 1. The van der Waals surface area contributed by atoms with Crippen molar-refractivity contribution in [2.24, 2.45) is 0 Å². The van der Waals surface area contributed by atoms with Gasteiger partial charge >= 0.3 is 6.09 Å². The number of anilines is 1. The maximum Gasteiger partial charge on any atom is 0.411 e. The lowest BCUT2D eigenvalue weighted by Gasteiger charge is -2.09. The molecule has 2 aromatic rings. The largest absolute Gasteiger partial charge is 0.444 e. The maximum absolute atomic E-state index is 11.8. The highest BCUT2D eigenvalue weighted by Crippen LogP contribution is 2.17. The zero-order valence-electron chi connectivity index (χ0n) is 11.6. The van der Waals surface area contributed by atoms with Gasteiger partial charge < -0.3 is 4.74 Å². The lowest BCUT2D eigenvalue weighted by molar-refractivity contribution is -0.400. The van der Waals surface area contributed by atoms with Gasteiger partial charge in [0.2, 0.25) is 6.20 Å². The lowest BCUT2D eigenvalue weighted by atomic mass is 10.2. The smallest absolute Gasteiger partial charge is 0.411 e. The fourth-order valence-corrected chi connectivity index (χ4v) is 1.77. The molecule has 0 radical (unpaired) electrons. The average Bonchev–Trinajstić information content (AvgIpc) is 2.53. The van der Waals surface area contributed by atoms with E-state index in [1.807, 2.05) is 30.3 Å². The molecular weight excluding hydrogens is 284 g/mol. The summed E-state index contributed by atoms with van der Waals surface area (Å²) in [6, 6.07) is 16.0. The molecule has 0 spiro atoms. The van der Waals surface area contributed by atoms with Gasteiger partial charge in [-0.2, -0.15) is 0 Å². The van der Waals surface area contributed by atoms with Gasteiger partial charge in [-0.25, -0.2) is 4.79 Å². The van der Waals surface area contributed by atoms with Crippen LogP contribution in [0.25, 0.3) is 6.08 Å². The highest BCUT2D eigenvalue weighted by Gasteiger charge is 2.06. The molecular formula is C16H14N2O4. The molecule has 0 aliphatic carbocycles. The molecule has 0 heterocycles. The van der Waals surface area contributed by atoms with Crippen LogP contribution in [0.15, 0.2) is 60.8 Å². The van der Waals surface area contributed by atoms with Crippen molar-refractivity contribution in [3.05, 3.63) is 82.0 Å². The van der Waals surface area contributed by atoms with Crippen molar-refractivity contribution in [3.63, 3.8) is 0 Å². The van der Waals surface area contributed by atoms with Crippen molar-refractivity contribution in [1.29, 1.82) is 0 Å². The molecule has 2 rings (SSSR count). The van der Waals surface area contributed by atoms with Crippen LogP contribution in [0.2, 0.25) is 0 Å². The standard InChI is InChI=1S/C16H14N2O4/c19-16(22-12-13-6-2-1-3-7-13)17-15-9-5-4-8-14(15)10-11-18(20)21/h1-11H,12H2,(H,17,19)/b11-10+. The first-order chi connectivity index (χ1) is 10.6. The normalized spacial score (nSPS) is 10.4. The van der Waals surface area contributed by atoms with Gasteiger partial charge in [-0.05, 0) is 11.6 Å². The second-order valence-corrected chi connectivity index (χ2v) is 4.38. The molecule has 1 amide bonds. The summed E-state index contributed by atoms with van der Waals surface area (Å²) < 4.78 is 5.10. The number of ether oxygens (including phenoxy) is 1. The predicted molar refractivity (Wildman–Crippen MR) is 82.7 cm³/mol. The monoisotopic (exact) mass is 298 g/mol. The topological polar surface area (TPSA) is 81.5 Å². The highest BCUT2D eigenvalue weighted by atomic mass is 16.6. The van der Waals surface area contributed by atoms with E-state index < -0.39 is 11.0 Å². The van der Waals surface area contributed by atoms with E-state index in [1.165, 1.54) is 6.08 Å². The van der Waals surface area contributed by atoms with E-state index in [0.29, 0.717) is 11.3 Å². The molecule has 0 saturated carbocycles. The number of nitrogens with one attached hydrogen (secondary N) is 1. The number of carbonyl (C=O) groups excluding carboxylic acids is 1. The van der Waals surface area contributed by atoms with E-state index in [0.717, 1.165) is 11.8 Å². The fourth-order valence-electron chi connectivity index (χ4n) is 1.77. The van der Waals surface area contributed by atoms with Crippen LogP contribution in [0.3, 0.4) is 0 Å². The molecule has 1 N–H and O–H groups in total. The van der Waals surface area contributed by atoms with Crippen LogP contribution in [0, 0.1) is 10.1 Å². The highest BCUT2D eigenvalue weighted by molar-refractivity contribution is 5.87. The van der Waals surface area contributed by atoms with Crippen molar-refractivity contribution < 1.29 is 14.5 Å². The van der Waals surface area contributed by atoms with Gasteiger partial charge in [0.1, 0.15) is 6.61 Å². The molecule has 2 aromatic carbocycles. The van der Waals surface area contributed by atoms with Gasteiger partial charge in [0.05, 0.1) is 10.6 Å². The molecule has 0 atom stereocenters. The molecule has 0 bridgehead atoms. The van der Waals surface area contributed by atoms with Gasteiger partial charge in [0.25, 0.3) is 0 Å². The Bertz CT molecular complexity index is 684. The fraction of sp³-hybridized carbons (Fsp3) is 0.0625. The van der Waals surface area contributed by atoms with Gasteiger partial charge in [-0.3, -0.25) is 15.4 Å². The van der Waals surface area contributed by atoms with Crippen LogP contribution in [0.1, 0.15) is 11.1 Å². The van der Waals surface area contributed by atoms with Crippen molar-refractivity contribution in [3.8, 4) is 0 Å². The van der Waals surface area contributed by atoms with Crippen LogP contribution in [0.4, 0.5) is 10.5 Å². The summed E-state index contributed by atoms with van der Waals surface area (Å²) in [7, 11) is 0. The molecule has 112 valence electrons. The minimum Gasteiger partial charge on any atom is -0.444 e. The Kier molecular flexibility index (Phi) is 5.25. The molecule has 0 fully saturated rings. The summed E-state index contributed by atoms with van der Waals surface area (Å²) in [6.45, 7) is 0.152. The first kappa shape index (κ1) is 15.2. The summed E-state index contributed by atoms with van der Waals surface area (Å²) >= 11 is 0. The number of nitro groups is 1. The Morgan fingerprint density at radius 3 is 2.55 bits per heavy atom. The molecule has 0 aliphatic heterocycles. The molecule has 6 nitrogen and oxygen atoms in total. The number of hydrogen-bond acceptors (Lipinski definition) is 4. The maximum atomic E-state index is 11.8.